The van der Waals surface area contributed by atoms with Gasteiger partial charge in [0.15, 0.2) is 0 Å². The molecule has 0 heterocycles. The number of nitrogens with two attached hydrogens (primary N) is 1. The fourth-order valence-corrected chi connectivity index (χ4v) is 2.39. The van der Waals surface area contributed by atoms with Gasteiger partial charge in [-0.15, -0.1) is 0 Å². The molecule has 2 rings (SSSR count). The summed E-state index contributed by atoms with van der Waals surface area (Å²) in [5.74, 6) is 6.46. The molecule has 52 valence electrons. The second kappa shape index (κ2) is 1.70. The quantitative estimate of drug-likeness (QED) is 0.402. The summed E-state index contributed by atoms with van der Waals surface area (Å²) in [5, 5.41) is 0. The van der Waals surface area contributed by atoms with Crippen molar-refractivity contribution in [3.05, 3.63) is 0 Å². The molecule has 0 atom stereocenters. The van der Waals surface area contributed by atoms with E-state index in [2.05, 4.69) is 5.43 Å². The van der Waals surface area contributed by atoms with Gasteiger partial charge in [0.25, 0.3) is 0 Å². The molecule has 2 saturated carbocycles. The SMILES string of the molecule is NNC12CCC(CC1)C2. The van der Waals surface area contributed by atoms with E-state index in [1.165, 1.54) is 32.1 Å². The third-order valence-electron chi connectivity index (χ3n) is 3.05. The van der Waals surface area contributed by atoms with Gasteiger partial charge in [0.1, 0.15) is 0 Å². The van der Waals surface area contributed by atoms with Crippen molar-refractivity contribution in [2.45, 2.75) is 37.6 Å². The van der Waals surface area contributed by atoms with Crippen LogP contribution < -0.4 is 11.3 Å². The zero-order valence-corrected chi connectivity index (χ0v) is 5.69. The Morgan fingerprint density at radius 3 is 2.22 bits per heavy atom. The van der Waals surface area contributed by atoms with Crippen LogP contribution in [0.2, 0.25) is 0 Å². The van der Waals surface area contributed by atoms with Crippen molar-refractivity contribution >= 4 is 0 Å². The van der Waals surface area contributed by atoms with Gasteiger partial charge < -0.3 is 0 Å². The Morgan fingerprint density at radius 1 is 1.33 bits per heavy atom. The number of rotatable bonds is 1. The summed E-state index contributed by atoms with van der Waals surface area (Å²) in [7, 11) is 0. The molecule has 2 fully saturated rings. The molecule has 0 amide bonds. The molecule has 2 nitrogen and oxygen atoms in total. The maximum Gasteiger partial charge on any atom is 0.0324 e. The largest absolute Gasteiger partial charge is 0.271 e. The van der Waals surface area contributed by atoms with Gasteiger partial charge in [-0.2, -0.15) is 0 Å². The first kappa shape index (κ1) is 5.69. The van der Waals surface area contributed by atoms with Crippen molar-refractivity contribution in [3.63, 3.8) is 0 Å². The maximum absolute atomic E-state index is 5.46. The second-order valence-corrected chi connectivity index (χ2v) is 3.57. The number of fused-ring (bicyclic) bond motifs is 2. The van der Waals surface area contributed by atoms with Gasteiger partial charge in [-0.25, -0.2) is 0 Å². The van der Waals surface area contributed by atoms with Crippen LogP contribution in [-0.4, -0.2) is 5.54 Å². The van der Waals surface area contributed by atoms with E-state index < -0.39 is 0 Å². The number of hydrogen-bond acceptors (Lipinski definition) is 2. The highest BCUT2D eigenvalue weighted by molar-refractivity contribution is 5.00. The Balaban J connectivity index is 2.13. The molecule has 2 aliphatic carbocycles. The van der Waals surface area contributed by atoms with E-state index in [1.54, 1.807) is 0 Å². The van der Waals surface area contributed by atoms with Gasteiger partial charge in [0.05, 0.1) is 0 Å². The van der Waals surface area contributed by atoms with Crippen LogP contribution >= 0.6 is 0 Å². The minimum Gasteiger partial charge on any atom is -0.271 e. The normalized spacial score (nSPS) is 48.3. The van der Waals surface area contributed by atoms with Crippen LogP contribution in [0.3, 0.4) is 0 Å². The molecule has 2 aliphatic rings. The molecule has 2 bridgehead atoms. The molecule has 2 heteroatoms. The highest BCUT2D eigenvalue weighted by Crippen LogP contribution is 2.46. The van der Waals surface area contributed by atoms with E-state index in [0.29, 0.717) is 5.54 Å². The van der Waals surface area contributed by atoms with Crippen LogP contribution in [0.25, 0.3) is 0 Å². The smallest absolute Gasteiger partial charge is 0.0324 e. The van der Waals surface area contributed by atoms with E-state index in [4.69, 9.17) is 5.84 Å². The van der Waals surface area contributed by atoms with Crippen LogP contribution in [0.1, 0.15) is 32.1 Å². The Kier molecular flexibility index (Phi) is 1.08. The van der Waals surface area contributed by atoms with Crippen molar-refractivity contribution in [2.24, 2.45) is 11.8 Å². The fraction of sp³-hybridized carbons (Fsp3) is 1.00. The van der Waals surface area contributed by atoms with Crippen molar-refractivity contribution in [3.8, 4) is 0 Å². The average Bonchev–Trinajstić information content (AvgIpc) is 2.46. The lowest BCUT2D eigenvalue weighted by atomic mass is 9.95. The molecule has 0 aromatic heterocycles. The molecule has 0 aromatic rings. The predicted molar refractivity (Wildman–Crippen MR) is 36.6 cm³/mol. The lowest BCUT2D eigenvalue weighted by molar-refractivity contribution is 0.333. The van der Waals surface area contributed by atoms with Crippen molar-refractivity contribution in [1.29, 1.82) is 0 Å². The molecule has 0 aromatic carbocycles. The molecular formula is C7H14N2. The van der Waals surface area contributed by atoms with Crippen molar-refractivity contribution in [2.75, 3.05) is 0 Å². The number of nitrogens with one attached hydrogen (secondary N) is 1. The number of hydrazine groups is 1. The van der Waals surface area contributed by atoms with Gasteiger partial charge in [0, 0.05) is 5.54 Å². The van der Waals surface area contributed by atoms with Crippen LogP contribution in [0.15, 0.2) is 0 Å². The second-order valence-electron chi connectivity index (χ2n) is 3.57. The molecule has 9 heavy (non-hydrogen) atoms. The summed E-state index contributed by atoms with van der Waals surface area (Å²) in [6, 6.07) is 0. The highest BCUT2D eigenvalue weighted by atomic mass is 15.3. The predicted octanol–water partition coefficient (Wildman–Crippen LogP) is 0.782. The van der Waals surface area contributed by atoms with Gasteiger partial charge in [-0.1, -0.05) is 0 Å². The Labute approximate surface area is 55.8 Å². The lowest BCUT2D eigenvalue weighted by Gasteiger charge is -2.24. The van der Waals surface area contributed by atoms with Gasteiger partial charge in [-0.3, -0.25) is 11.3 Å². The first-order valence-corrected chi connectivity index (χ1v) is 3.82. The third-order valence-corrected chi connectivity index (χ3v) is 3.05. The molecule has 0 radical (unpaired) electrons. The summed E-state index contributed by atoms with van der Waals surface area (Å²) in [6.45, 7) is 0. The first-order valence-electron chi connectivity index (χ1n) is 3.82. The summed E-state index contributed by atoms with van der Waals surface area (Å²) in [4.78, 5) is 0. The molecule has 0 aliphatic heterocycles. The van der Waals surface area contributed by atoms with E-state index in [9.17, 15) is 0 Å². The van der Waals surface area contributed by atoms with E-state index in [1.807, 2.05) is 0 Å². The first-order chi connectivity index (χ1) is 4.35. The van der Waals surface area contributed by atoms with Crippen LogP contribution in [-0.2, 0) is 0 Å². The highest BCUT2D eigenvalue weighted by Gasteiger charge is 2.43. The summed E-state index contributed by atoms with van der Waals surface area (Å²) in [6.07, 6.45) is 6.78. The monoisotopic (exact) mass is 126 g/mol. The topological polar surface area (TPSA) is 38.0 Å². The lowest BCUT2D eigenvalue weighted by Crippen LogP contribution is -2.45. The fourth-order valence-electron chi connectivity index (χ4n) is 2.39. The van der Waals surface area contributed by atoms with Gasteiger partial charge in [0.2, 0.25) is 0 Å². The Hall–Kier alpha value is -0.0800. The standard InChI is InChI=1S/C7H14N2/c8-9-7-3-1-6(5-7)2-4-7/h6,9H,1-5,8H2. The van der Waals surface area contributed by atoms with E-state index >= 15 is 0 Å². The number of hydrogen-bond donors (Lipinski definition) is 2. The molecule has 0 spiro atoms. The summed E-state index contributed by atoms with van der Waals surface area (Å²) >= 11 is 0. The minimum atomic E-state index is 0.380. The van der Waals surface area contributed by atoms with Crippen LogP contribution in [0.5, 0.6) is 0 Å². The summed E-state index contributed by atoms with van der Waals surface area (Å²) < 4.78 is 0. The average molecular weight is 126 g/mol. The summed E-state index contributed by atoms with van der Waals surface area (Å²) in [5.41, 5.74) is 3.35. The molecule has 0 unspecified atom stereocenters. The molecule has 3 N–H and O–H groups in total. The van der Waals surface area contributed by atoms with E-state index in [0.717, 1.165) is 5.92 Å². The Morgan fingerprint density at radius 2 is 2.00 bits per heavy atom. The van der Waals surface area contributed by atoms with Crippen molar-refractivity contribution < 1.29 is 0 Å². The molecule has 0 saturated heterocycles. The minimum absolute atomic E-state index is 0.380. The van der Waals surface area contributed by atoms with E-state index in [-0.39, 0.29) is 0 Å². The van der Waals surface area contributed by atoms with Crippen LogP contribution in [0, 0.1) is 5.92 Å². The Bertz CT molecular complexity index is 114. The van der Waals surface area contributed by atoms with Gasteiger partial charge >= 0.3 is 0 Å². The molecular weight excluding hydrogens is 112 g/mol. The van der Waals surface area contributed by atoms with Crippen molar-refractivity contribution in [1.82, 2.24) is 5.43 Å². The maximum atomic E-state index is 5.46. The zero-order chi connectivity index (χ0) is 6.32. The third kappa shape index (κ3) is 0.700. The zero-order valence-electron chi connectivity index (χ0n) is 5.69. The van der Waals surface area contributed by atoms with Crippen LogP contribution in [0.4, 0.5) is 0 Å². The van der Waals surface area contributed by atoms with Gasteiger partial charge in [-0.05, 0) is 38.0 Å².